The van der Waals surface area contributed by atoms with Gasteiger partial charge in [0.2, 0.25) is 5.91 Å². The second-order valence-electron chi connectivity index (χ2n) is 6.47. The molecule has 0 saturated carbocycles. The van der Waals surface area contributed by atoms with E-state index in [9.17, 15) is 4.79 Å². The van der Waals surface area contributed by atoms with Gasteiger partial charge in [-0.15, -0.1) is 10.2 Å². The van der Waals surface area contributed by atoms with Crippen molar-refractivity contribution in [3.8, 4) is 0 Å². The molecule has 0 unspecified atom stereocenters. The highest BCUT2D eigenvalue weighted by Gasteiger charge is 2.30. The Labute approximate surface area is 147 Å². The monoisotopic (exact) mass is 341 g/mol. The van der Waals surface area contributed by atoms with E-state index in [-0.39, 0.29) is 12.0 Å². The van der Waals surface area contributed by atoms with Gasteiger partial charge >= 0.3 is 0 Å². The van der Waals surface area contributed by atoms with Gasteiger partial charge in [0.15, 0.2) is 5.82 Å². The van der Waals surface area contributed by atoms with Crippen LogP contribution < -0.4 is 4.90 Å². The summed E-state index contributed by atoms with van der Waals surface area (Å²) in [6, 6.07) is 8.33. The number of morpholine rings is 1. The van der Waals surface area contributed by atoms with E-state index in [1.165, 1.54) is 11.3 Å². The first-order valence-corrected chi connectivity index (χ1v) is 8.86. The molecule has 7 heteroatoms. The molecule has 1 amide bonds. The fraction of sp³-hybridized carbons (Fsp3) is 0.500. The number of ether oxygens (including phenoxy) is 1. The van der Waals surface area contributed by atoms with Gasteiger partial charge in [-0.1, -0.05) is 18.2 Å². The van der Waals surface area contributed by atoms with Crippen LogP contribution in [0.5, 0.6) is 0 Å². The topological polar surface area (TPSA) is 63.5 Å². The zero-order valence-corrected chi connectivity index (χ0v) is 14.5. The fourth-order valence-electron chi connectivity index (χ4n) is 3.62. The molecule has 0 N–H and O–H groups in total. The molecule has 1 aromatic carbocycles. The number of rotatable bonds is 4. The molecular weight excluding hydrogens is 318 g/mol. The van der Waals surface area contributed by atoms with E-state index in [1.54, 1.807) is 6.33 Å². The van der Waals surface area contributed by atoms with Crippen molar-refractivity contribution in [2.24, 2.45) is 0 Å². The van der Waals surface area contributed by atoms with E-state index in [1.807, 2.05) is 22.5 Å². The lowest BCUT2D eigenvalue weighted by atomic mass is 10.2. The molecule has 0 radical (unpaired) electrons. The fourth-order valence-corrected chi connectivity index (χ4v) is 3.62. The third-order valence-corrected chi connectivity index (χ3v) is 5.00. The number of anilines is 1. The van der Waals surface area contributed by atoms with Gasteiger partial charge in [-0.05, 0) is 25.0 Å². The maximum atomic E-state index is 12.8. The summed E-state index contributed by atoms with van der Waals surface area (Å²) in [6.07, 6.45) is 2.51. The molecule has 0 bridgehead atoms. The van der Waals surface area contributed by atoms with Crippen molar-refractivity contribution in [3.63, 3.8) is 0 Å². The van der Waals surface area contributed by atoms with E-state index < -0.39 is 0 Å². The SMILES string of the molecule is CCn1cnnc1[C@H]1CN(C(=O)CN2CCc3ccccc32)CCO1. The van der Waals surface area contributed by atoms with Crippen molar-refractivity contribution in [1.29, 1.82) is 0 Å². The first kappa shape index (κ1) is 16.1. The van der Waals surface area contributed by atoms with Gasteiger partial charge in [0, 0.05) is 25.3 Å². The Morgan fingerprint density at radius 3 is 3.08 bits per heavy atom. The molecule has 25 heavy (non-hydrogen) atoms. The van der Waals surface area contributed by atoms with Crippen LogP contribution in [0.3, 0.4) is 0 Å². The number of carbonyl (C=O) groups is 1. The number of benzene rings is 1. The molecular formula is C18H23N5O2. The minimum Gasteiger partial charge on any atom is -0.366 e. The summed E-state index contributed by atoms with van der Waals surface area (Å²) in [5.74, 6) is 0.944. The number of nitrogens with zero attached hydrogens (tertiary/aromatic N) is 5. The highest BCUT2D eigenvalue weighted by molar-refractivity contribution is 5.82. The van der Waals surface area contributed by atoms with Crippen molar-refractivity contribution >= 4 is 11.6 Å². The smallest absolute Gasteiger partial charge is 0.242 e. The highest BCUT2D eigenvalue weighted by atomic mass is 16.5. The van der Waals surface area contributed by atoms with E-state index in [0.29, 0.717) is 26.2 Å². The summed E-state index contributed by atoms with van der Waals surface area (Å²) in [4.78, 5) is 16.9. The summed E-state index contributed by atoms with van der Waals surface area (Å²) in [5.41, 5.74) is 2.51. The molecule has 3 heterocycles. The van der Waals surface area contributed by atoms with Crippen LogP contribution in [-0.4, -0.2) is 58.4 Å². The van der Waals surface area contributed by atoms with Crippen LogP contribution >= 0.6 is 0 Å². The van der Waals surface area contributed by atoms with Crippen molar-refractivity contribution < 1.29 is 9.53 Å². The van der Waals surface area contributed by atoms with Gasteiger partial charge in [-0.2, -0.15) is 0 Å². The highest BCUT2D eigenvalue weighted by Crippen LogP contribution is 2.27. The summed E-state index contributed by atoms with van der Waals surface area (Å²) < 4.78 is 7.81. The first-order chi connectivity index (χ1) is 12.3. The van der Waals surface area contributed by atoms with Gasteiger partial charge in [0.05, 0.1) is 19.7 Å². The maximum absolute atomic E-state index is 12.8. The van der Waals surface area contributed by atoms with Crippen LogP contribution in [0.4, 0.5) is 5.69 Å². The van der Waals surface area contributed by atoms with Crippen molar-refractivity contribution in [2.75, 3.05) is 37.7 Å². The lowest BCUT2D eigenvalue weighted by Crippen LogP contribution is -2.47. The number of amides is 1. The van der Waals surface area contributed by atoms with Gasteiger partial charge in [0.25, 0.3) is 0 Å². The van der Waals surface area contributed by atoms with Gasteiger partial charge < -0.3 is 19.1 Å². The Balaban J connectivity index is 1.42. The normalized spacial score (nSPS) is 20.0. The van der Waals surface area contributed by atoms with E-state index in [2.05, 4.69) is 33.3 Å². The van der Waals surface area contributed by atoms with Crippen molar-refractivity contribution in [3.05, 3.63) is 42.0 Å². The average Bonchev–Trinajstić information content (AvgIpc) is 3.29. The molecule has 1 aromatic heterocycles. The quantitative estimate of drug-likeness (QED) is 0.838. The summed E-state index contributed by atoms with van der Waals surface area (Å²) in [7, 11) is 0. The minimum atomic E-state index is -0.203. The molecule has 1 fully saturated rings. The van der Waals surface area contributed by atoms with Crippen LogP contribution in [0.15, 0.2) is 30.6 Å². The molecule has 2 aromatic rings. The largest absolute Gasteiger partial charge is 0.366 e. The molecule has 7 nitrogen and oxygen atoms in total. The predicted octanol–water partition coefficient (Wildman–Crippen LogP) is 1.26. The Morgan fingerprint density at radius 1 is 1.32 bits per heavy atom. The molecule has 2 aliphatic rings. The van der Waals surface area contributed by atoms with Gasteiger partial charge in [-0.25, -0.2) is 0 Å². The number of aromatic nitrogens is 3. The second-order valence-corrected chi connectivity index (χ2v) is 6.47. The summed E-state index contributed by atoms with van der Waals surface area (Å²) >= 11 is 0. The molecule has 0 aliphatic carbocycles. The Hall–Kier alpha value is -2.41. The molecule has 1 atom stereocenters. The molecule has 4 rings (SSSR count). The number of para-hydroxylation sites is 1. The minimum absolute atomic E-state index is 0.146. The molecule has 0 spiro atoms. The molecule has 132 valence electrons. The van der Waals surface area contributed by atoms with Crippen LogP contribution in [-0.2, 0) is 22.5 Å². The Kier molecular flexibility index (Phi) is 4.40. The molecule has 2 aliphatic heterocycles. The number of hydrogen-bond acceptors (Lipinski definition) is 5. The van der Waals surface area contributed by atoms with Gasteiger partial charge in [-0.3, -0.25) is 4.79 Å². The van der Waals surface area contributed by atoms with Crippen LogP contribution in [0.1, 0.15) is 24.4 Å². The van der Waals surface area contributed by atoms with Crippen molar-refractivity contribution in [2.45, 2.75) is 26.0 Å². The zero-order valence-electron chi connectivity index (χ0n) is 14.5. The van der Waals surface area contributed by atoms with Crippen LogP contribution in [0.25, 0.3) is 0 Å². The number of aryl methyl sites for hydroxylation is 1. The number of hydrogen-bond donors (Lipinski definition) is 0. The first-order valence-electron chi connectivity index (χ1n) is 8.86. The second kappa shape index (κ2) is 6.84. The van der Waals surface area contributed by atoms with Gasteiger partial charge in [0.1, 0.15) is 12.4 Å². The van der Waals surface area contributed by atoms with E-state index in [0.717, 1.165) is 25.3 Å². The maximum Gasteiger partial charge on any atom is 0.242 e. The lowest BCUT2D eigenvalue weighted by Gasteiger charge is -2.33. The third-order valence-electron chi connectivity index (χ3n) is 5.00. The summed E-state index contributed by atoms with van der Waals surface area (Å²) in [6.45, 7) is 5.86. The lowest BCUT2D eigenvalue weighted by molar-refractivity contribution is -0.137. The summed E-state index contributed by atoms with van der Waals surface area (Å²) in [5, 5.41) is 8.14. The molecule has 1 saturated heterocycles. The van der Waals surface area contributed by atoms with Crippen LogP contribution in [0.2, 0.25) is 0 Å². The van der Waals surface area contributed by atoms with Crippen LogP contribution in [0, 0.1) is 0 Å². The predicted molar refractivity (Wildman–Crippen MR) is 93.3 cm³/mol. The Bertz CT molecular complexity index is 759. The zero-order chi connectivity index (χ0) is 17.2. The number of carbonyl (C=O) groups excluding carboxylic acids is 1. The standard InChI is InChI=1S/C18H23N5O2/c1-2-21-13-19-20-18(21)16-11-23(9-10-25-16)17(24)12-22-8-7-14-5-3-4-6-15(14)22/h3-6,13,16H,2,7-12H2,1H3/t16-/m1/s1. The number of fused-ring (bicyclic) bond motifs is 1. The van der Waals surface area contributed by atoms with Crippen molar-refractivity contribution in [1.82, 2.24) is 19.7 Å². The van der Waals surface area contributed by atoms with E-state index >= 15 is 0 Å². The third kappa shape index (κ3) is 3.11. The Morgan fingerprint density at radius 2 is 2.20 bits per heavy atom. The van der Waals surface area contributed by atoms with E-state index in [4.69, 9.17) is 4.74 Å². The average molecular weight is 341 g/mol.